The van der Waals surface area contributed by atoms with E-state index in [1.165, 1.54) is 26.4 Å². The Hall–Kier alpha value is -3.30. The van der Waals surface area contributed by atoms with E-state index in [4.69, 9.17) is 15.2 Å². The topological polar surface area (TPSA) is 104 Å². The number of carbonyl (C=O) groups is 2. The second kappa shape index (κ2) is 15.1. The van der Waals surface area contributed by atoms with Crippen molar-refractivity contribution in [3.05, 3.63) is 70.3 Å². The lowest BCUT2D eigenvalue weighted by atomic mass is 10.0. The van der Waals surface area contributed by atoms with Crippen LogP contribution in [0.4, 0.5) is 26.3 Å². The Morgan fingerprint density at radius 1 is 0.750 bits per heavy atom. The summed E-state index contributed by atoms with van der Waals surface area (Å²) in [5, 5.41) is 0. The van der Waals surface area contributed by atoms with Crippen LogP contribution in [0.2, 0.25) is 0 Å². The van der Waals surface area contributed by atoms with E-state index in [-0.39, 0.29) is 56.1 Å². The van der Waals surface area contributed by atoms with E-state index >= 15 is 0 Å². The minimum Gasteiger partial charge on any atom is -0.496 e. The molecule has 0 amide bonds. The molecule has 0 aliphatic rings. The van der Waals surface area contributed by atoms with Crippen LogP contribution in [0.15, 0.2) is 46.5 Å². The molecule has 44 heavy (non-hydrogen) atoms. The molecule has 238 valence electrons. The van der Waals surface area contributed by atoms with Gasteiger partial charge in [-0.15, -0.1) is 23.5 Å². The summed E-state index contributed by atoms with van der Waals surface area (Å²) in [6, 6.07) is 5.17. The van der Waals surface area contributed by atoms with Gasteiger partial charge in [0, 0.05) is 46.1 Å². The molecule has 7 nitrogen and oxygen atoms in total. The van der Waals surface area contributed by atoms with Crippen molar-refractivity contribution in [1.29, 1.82) is 0 Å². The van der Waals surface area contributed by atoms with Gasteiger partial charge in [-0.1, -0.05) is 6.92 Å². The molecule has 0 saturated heterocycles. The van der Waals surface area contributed by atoms with Gasteiger partial charge in [-0.05, 0) is 42.5 Å². The van der Waals surface area contributed by atoms with E-state index in [0.29, 0.717) is 12.2 Å². The van der Waals surface area contributed by atoms with Crippen molar-refractivity contribution in [2.45, 2.75) is 48.3 Å². The molecule has 0 aliphatic heterocycles. The number of rotatable bonds is 14. The number of Topliss-reactive ketones (excluding diaryl/α,β-unsaturated/α-hetero) is 2. The van der Waals surface area contributed by atoms with E-state index in [1.54, 1.807) is 0 Å². The number of aromatic nitrogens is 2. The summed E-state index contributed by atoms with van der Waals surface area (Å²) < 4.78 is 93.3. The highest BCUT2D eigenvalue weighted by Crippen LogP contribution is 2.42. The fraction of sp³-hybridized carbons (Fsp3) is 0.379. The van der Waals surface area contributed by atoms with Gasteiger partial charge in [-0.3, -0.25) is 9.59 Å². The first-order chi connectivity index (χ1) is 20.7. The van der Waals surface area contributed by atoms with Crippen LogP contribution in [0.3, 0.4) is 0 Å². The normalized spacial score (nSPS) is 11.9. The van der Waals surface area contributed by atoms with Crippen LogP contribution in [0.1, 0.15) is 56.6 Å². The summed E-state index contributed by atoms with van der Waals surface area (Å²) in [5.74, 6) is -0.652. The third-order valence-corrected chi connectivity index (χ3v) is 8.50. The molecule has 0 fully saturated rings. The zero-order valence-electron chi connectivity index (χ0n) is 23.9. The van der Waals surface area contributed by atoms with E-state index < -0.39 is 47.9 Å². The maximum atomic E-state index is 13.8. The minimum atomic E-state index is -4.71. The number of ketones is 2. The second-order valence-electron chi connectivity index (χ2n) is 9.29. The van der Waals surface area contributed by atoms with Crippen LogP contribution in [-0.2, 0) is 25.2 Å². The van der Waals surface area contributed by atoms with Crippen molar-refractivity contribution in [3.8, 4) is 11.5 Å². The highest BCUT2D eigenvalue weighted by Gasteiger charge is 2.36. The van der Waals surface area contributed by atoms with Crippen LogP contribution in [0.5, 0.6) is 11.5 Å². The van der Waals surface area contributed by atoms with Crippen LogP contribution < -0.4 is 15.2 Å². The Bertz CT molecular complexity index is 1390. The molecule has 1 heterocycles. The Morgan fingerprint density at radius 3 is 1.55 bits per heavy atom. The van der Waals surface area contributed by atoms with Gasteiger partial charge in [0.15, 0.2) is 11.6 Å². The second-order valence-corrected chi connectivity index (χ2v) is 11.6. The molecule has 2 aromatic carbocycles. The van der Waals surface area contributed by atoms with Crippen LogP contribution >= 0.6 is 23.5 Å². The van der Waals surface area contributed by atoms with Crippen molar-refractivity contribution < 1.29 is 45.4 Å². The van der Waals surface area contributed by atoms with Crippen molar-refractivity contribution in [2.75, 3.05) is 32.3 Å². The third-order valence-electron chi connectivity index (χ3n) is 6.15. The number of hydrogen-bond acceptors (Lipinski definition) is 9. The first-order valence-corrected chi connectivity index (χ1v) is 15.1. The average molecular weight is 662 g/mol. The predicted octanol–water partition coefficient (Wildman–Crippen LogP) is 6.94. The molecular formula is C29H29F6N3O4S2. The van der Waals surface area contributed by atoms with Gasteiger partial charge in [0.2, 0.25) is 0 Å². The zero-order valence-corrected chi connectivity index (χ0v) is 25.5. The summed E-state index contributed by atoms with van der Waals surface area (Å²) in [4.78, 5) is 33.8. The van der Waals surface area contributed by atoms with Gasteiger partial charge in [-0.25, -0.2) is 9.97 Å². The molecule has 0 unspecified atom stereocenters. The number of nitrogens with two attached hydrogens (primary N) is 1. The number of methoxy groups -OCH3 is 2. The number of thioether (sulfide) groups is 2. The summed E-state index contributed by atoms with van der Waals surface area (Å²) in [6.45, 7) is 1.99. The smallest absolute Gasteiger partial charge is 0.417 e. The first kappa shape index (κ1) is 35.2. The number of nitrogens with zero attached hydrogens (tertiary/aromatic N) is 2. The highest BCUT2D eigenvalue weighted by molar-refractivity contribution is 7.99. The van der Waals surface area contributed by atoms with Crippen LogP contribution in [0, 0.1) is 0 Å². The molecule has 3 aromatic rings. The van der Waals surface area contributed by atoms with E-state index in [0.717, 1.165) is 48.1 Å². The molecule has 0 radical (unpaired) electrons. The fourth-order valence-electron chi connectivity index (χ4n) is 4.12. The van der Waals surface area contributed by atoms with Gasteiger partial charge in [0.1, 0.15) is 29.2 Å². The average Bonchev–Trinajstić information content (AvgIpc) is 2.98. The monoisotopic (exact) mass is 661 g/mol. The van der Waals surface area contributed by atoms with Crippen LogP contribution in [0.25, 0.3) is 0 Å². The predicted molar refractivity (Wildman–Crippen MR) is 155 cm³/mol. The third kappa shape index (κ3) is 8.88. The number of ether oxygens (including phenoxy) is 2. The van der Waals surface area contributed by atoms with E-state index in [1.807, 2.05) is 6.92 Å². The molecular weight excluding hydrogens is 632 g/mol. The Labute approximate surface area is 258 Å². The standard InChI is InChI=1S/C29H29F6N3O4S2/c1-4-6-43-26-13-24(41-2)16(8-18(26)28(30,31)32)10-22(39)20-12-21(38-15-37-20)23(40)11-17-9-19(29(33,34)35)27(44-7-5-36)14-25(17)42-3/h8-9,12-15H,4-7,10-11,36H2,1-3H3. The number of benzene rings is 2. The van der Waals surface area contributed by atoms with Crippen LogP contribution in [-0.4, -0.2) is 53.8 Å². The van der Waals surface area contributed by atoms with Gasteiger partial charge < -0.3 is 15.2 Å². The number of hydrogen-bond donors (Lipinski definition) is 1. The SMILES string of the molecule is CCCSc1cc(OC)c(CC(=O)c2cc(C(=O)Cc3cc(C(F)(F)F)c(SCCN)cc3OC)ncn2)cc1C(F)(F)F. The molecule has 0 aliphatic carbocycles. The molecule has 15 heteroatoms. The lowest BCUT2D eigenvalue weighted by Crippen LogP contribution is -2.14. The largest absolute Gasteiger partial charge is 0.496 e. The van der Waals surface area contributed by atoms with E-state index in [2.05, 4.69) is 9.97 Å². The number of alkyl halides is 6. The molecule has 0 saturated carbocycles. The quantitative estimate of drug-likeness (QED) is 0.112. The fourth-order valence-corrected chi connectivity index (χ4v) is 5.92. The van der Waals surface area contributed by atoms with Gasteiger partial charge in [-0.2, -0.15) is 26.3 Å². The van der Waals surface area contributed by atoms with Gasteiger partial charge in [0.05, 0.1) is 25.3 Å². The van der Waals surface area contributed by atoms with Gasteiger partial charge >= 0.3 is 12.4 Å². The molecule has 3 rings (SSSR count). The molecule has 0 atom stereocenters. The summed E-state index contributed by atoms with van der Waals surface area (Å²) in [5.41, 5.74) is 2.95. The lowest BCUT2D eigenvalue weighted by molar-refractivity contribution is -0.140. The Morgan fingerprint density at radius 2 is 1.18 bits per heavy atom. The van der Waals surface area contributed by atoms with Crippen molar-refractivity contribution in [3.63, 3.8) is 0 Å². The molecule has 1 aromatic heterocycles. The van der Waals surface area contributed by atoms with Crippen molar-refractivity contribution >= 4 is 35.1 Å². The highest BCUT2D eigenvalue weighted by atomic mass is 32.2. The number of halogens is 6. The maximum Gasteiger partial charge on any atom is 0.417 e. The minimum absolute atomic E-state index is 0.0302. The maximum absolute atomic E-state index is 13.8. The van der Waals surface area contributed by atoms with Gasteiger partial charge in [0.25, 0.3) is 0 Å². The zero-order chi connectivity index (χ0) is 32.7. The molecule has 2 N–H and O–H groups in total. The summed E-state index contributed by atoms with van der Waals surface area (Å²) >= 11 is 1.92. The lowest BCUT2D eigenvalue weighted by Gasteiger charge is -2.17. The Kier molecular flexibility index (Phi) is 12.1. The molecule has 0 bridgehead atoms. The van der Waals surface area contributed by atoms with Crippen molar-refractivity contribution in [1.82, 2.24) is 9.97 Å². The molecule has 0 spiro atoms. The van der Waals surface area contributed by atoms with E-state index in [9.17, 15) is 35.9 Å². The number of carbonyl (C=O) groups excluding carboxylic acids is 2. The van der Waals surface area contributed by atoms with Crippen molar-refractivity contribution in [2.24, 2.45) is 5.73 Å². The summed E-state index contributed by atoms with van der Waals surface area (Å²) in [6.07, 6.45) is -8.89. The summed E-state index contributed by atoms with van der Waals surface area (Å²) in [7, 11) is 2.52. The Balaban J connectivity index is 1.91. The first-order valence-electron chi connectivity index (χ1n) is 13.1.